The van der Waals surface area contributed by atoms with E-state index < -0.39 is 22.8 Å². The number of benzene rings is 1. The maximum Gasteiger partial charge on any atom is 0.321 e. The first-order chi connectivity index (χ1) is 11.8. The van der Waals surface area contributed by atoms with E-state index >= 15 is 0 Å². The van der Waals surface area contributed by atoms with E-state index in [0.717, 1.165) is 25.7 Å². The number of aryl methyl sites for hydroxylation is 1. The second kappa shape index (κ2) is 10.4. The number of rotatable bonds is 11. The van der Waals surface area contributed by atoms with Gasteiger partial charge in [0.25, 0.3) is 5.69 Å². The highest BCUT2D eigenvalue weighted by Gasteiger charge is 2.22. The van der Waals surface area contributed by atoms with Crippen molar-refractivity contribution in [3.05, 3.63) is 33.9 Å². The zero-order chi connectivity index (χ0) is 18.8. The summed E-state index contributed by atoms with van der Waals surface area (Å²) < 4.78 is 0. The molecule has 25 heavy (non-hydrogen) atoms. The van der Waals surface area contributed by atoms with Gasteiger partial charge in [0.05, 0.1) is 11.3 Å². The zero-order valence-electron chi connectivity index (χ0n) is 14.6. The molecule has 3 N–H and O–H groups in total. The lowest BCUT2D eigenvalue weighted by Crippen LogP contribution is -2.40. The molecule has 8 nitrogen and oxygen atoms in total. The first kappa shape index (κ1) is 20.6. The molecule has 0 radical (unpaired) electrons. The van der Waals surface area contributed by atoms with Gasteiger partial charge in [0.15, 0.2) is 0 Å². The molecule has 0 aliphatic rings. The Hall–Kier alpha value is -2.48. The second-order valence-corrected chi connectivity index (χ2v) is 5.94. The Morgan fingerprint density at radius 3 is 2.60 bits per heavy atom. The first-order valence-corrected chi connectivity index (χ1v) is 8.36. The molecule has 0 aromatic heterocycles. The van der Waals surface area contributed by atoms with Gasteiger partial charge in [0.1, 0.15) is 11.7 Å². The number of hydrogen-bond acceptors (Lipinski definition) is 5. The van der Waals surface area contributed by atoms with Gasteiger partial charge in [-0.05, 0) is 31.5 Å². The van der Waals surface area contributed by atoms with Crippen LogP contribution >= 0.6 is 0 Å². The number of anilines is 1. The number of carboxylic acids is 1. The molecule has 1 aromatic carbocycles. The van der Waals surface area contributed by atoms with Crippen LogP contribution in [-0.4, -0.2) is 34.5 Å². The van der Waals surface area contributed by atoms with Crippen LogP contribution < -0.4 is 10.6 Å². The number of aliphatic carboxylic acids is 1. The first-order valence-electron chi connectivity index (χ1n) is 8.36. The van der Waals surface area contributed by atoms with Crippen LogP contribution in [0, 0.1) is 17.0 Å². The predicted molar refractivity (Wildman–Crippen MR) is 94.6 cm³/mol. The number of carbonyl (C=O) groups is 2. The average molecular weight is 351 g/mol. The summed E-state index contributed by atoms with van der Waals surface area (Å²) in [7, 11) is 0. The molecule has 0 fully saturated rings. The normalized spacial score (nSPS) is 11.8. The quantitative estimate of drug-likeness (QED) is 0.320. The minimum Gasteiger partial charge on any atom is -0.480 e. The number of nitrogens with one attached hydrogen (secondary N) is 2. The molecular formula is C17H25N3O5. The number of nitrogens with zero attached hydrogens (tertiary/aromatic N) is 1. The Balaban J connectivity index is 2.63. The molecular weight excluding hydrogens is 326 g/mol. The highest BCUT2D eigenvalue weighted by molar-refractivity contribution is 5.95. The molecule has 1 rings (SSSR count). The third-order valence-electron chi connectivity index (χ3n) is 3.73. The van der Waals surface area contributed by atoms with Gasteiger partial charge >= 0.3 is 5.97 Å². The lowest BCUT2D eigenvalue weighted by Gasteiger charge is -2.14. The molecule has 0 bridgehead atoms. The van der Waals surface area contributed by atoms with Crippen LogP contribution in [0.5, 0.6) is 0 Å². The highest BCUT2D eigenvalue weighted by atomic mass is 16.6. The number of carbonyl (C=O) groups excluding carboxylic acids is 1. The zero-order valence-corrected chi connectivity index (χ0v) is 14.6. The van der Waals surface area contributed by atoms with Crippen molar-refractivity contribution in [3.63, 3.8) is 0 Å². The Morgan fingerprint density at radius 1 is 1.28 bits per heavy atom. The van der Waals surface area contributed by atoms with Crippen LogP contribution in [0.4, 0.5) is 11.4 Å². The summed E-state index contributed by atoms with van der Waals surface area (Å²) in [6, 6.07) is 3.42. The average Bonchev–Trinajstić information content (AvgIpc) is 2.54. The molecule has 1 amide bonds. The Bertz CT molecular complexity index is 618. The molecule has 0 heterocycles. The standard InChI is InChI=1S/C17H25N3O5/c1-3-4-5-6-9-18-14(17(22)23)11-16(21)19-13-8-7-12(2)10-15(13)20(24)25/h7-8,10,14,18H,3-6,9,11H2,1-2H3,(H,19,21)(H,22,23). The molecule has 0 spiro atoms. The van der Waals surface area contributed by atoms with E-state index in [4.69, 9.17) is 0 Å². The van der Waals surface area contributed by atoms with Crippen molar-refractivity contribution < 1.29 is 19.6 Å². The van der Waals surface area contributed by atoms with Crippen molar-refractivity contribution in [2.45, 2.75) is 52.0 Å². The van der Waals surface area contributed by atoms with Gasteiger partial charge < -0.3 is 15.7 Å². The Labute approximate surface area is 146 Å². The second-order valence-electron chi connectivity index (χ2n) is 5.94. The van der Waals surface area contributed by atoms with Gasteiger partial charge in [-0.25, -0.2) is 0 Å². The van der Waals surface area contributed by atoms with Crippen molar-refractivity contribution in [1.29, 1.82) is 0 Å². The van der Waals surface area contributed by atoms with Crippen LogP contribution in [-0.2, 0) is 9.59 Å². The molecule has 0 saturated heterocycles. The van der Waals surface area contributed by atoms with Gasteiger partial charge in [0, 0.05) is 6.07 Å². The minimum atomic E-state index is -1.12. The largest absolute Gasteiger partial charge is 0.480 e. The summed E-state index contributed by atoms with van der Waals surface area (Å²) in [5.41, 5.74) is 0.544. The van der Waals surface area contributed by atoms with E-state index in [0.29, 0.717) is 12.1 Å². The lowest BCUT2D eigenvalue weighted by atomic mass is 10.1. The fourth-order valence-electron chi connectivity index (χ4n) is 2.36. The number of hydrogen-bond donors (Lipinski definition) is 3. The van der Waals surface area contributed by atoms with E-state index in [1.54, 1.807) is 13.0 Å². The maximum absolute atomic E-state index is 12.1. The van der Waals surface area contributed by atoms with E-state index in [-0.39, 0.29) is 17.8 Å². The third-order valence-corrected chi connectivity index (χ3v) is 3.73. The van der Waals surface area contributed by atoms with E-state index in [1.807, 2.05) is 0 Å². The summed E-state index contributed by atoms with van der Waals surface area (Å²) in [6.07, 6.45) is 3.70. The smallest absolute Gasteiger partial charge is 0.321 e. The topological polar surface area (TPSA) is 122 Å². The molecule has 0 saturated carbocycles. The molecule has 1 unspecified atom stereocenters. The molecule has 1 atom stereocenters. The van der Waals surface area contributed by atoms with Crippen molar-refractivity contribution in [2.24, 2.45) is 0 Å². The van der Waals surface area contributed by atoms with Crippen LogP contribution in [0.25, 0.3) is 0 Å². The molecule has 1 aromatic rings. The fourth-order valence-corrected chi connectivity index (χ4v) is 2.36. The summed E-state index contributed by atoms with van der Waals surface area (Å²) in [4.78, 5) is 33.8. The summed E-state index contributed by atoms with van der Waals surface area (Å²) >= 11 is 0. The van der Waals surface area contributed by atoms with Gasteiger partial charge in [-0.1, -0.05) is 32.3 Å². The number of amides is 1. The number of unbranched alkanes of at least 4 members (excludes halogenated alkanes) is 3. The van der Waals surface area contributed by atoms with Crippen LogP contribution in [0.3, 0.4) is 0 Å². The van der Waals surface area contributed by atoms with Crippen molar-refractivity contribution in [1.82, 2.24) is 5.32 Å². The predicted octanol–water partition coefficient (Wildman–Crippen LogP) is 2.85. The van der Waals surface area contributed by atoms with Crippen LogP contribution in [0.15, 0.2) is 18.2 Å². The van der Waals surface area contributed by atoms with Gasteiger partial charge in [-0.2, -0.15) is 0 Å². The third kappa shape index (κ3) is 7.30. The Kier molecular flexibility index (Phi) is 8.55. The fraction of sp³-hybridized carbons (Fsp3) is 0.529. The highest BCUT2D eigenvalue weighted by Crippen LogP contribution is 2.25. The lowest BCUT2D eigenvalue weighted by molar-refractivity contribution is -0.384. The SMILES string of the molecule is CCCCCCNC(CC(=O)Nc1ccc(C)cc1[N+](=O)[O-])C(=O)O. The molecule has 138 valence electrons. The number of carboxylic acid groups (broad SMARTS) is 1. The molecule has 8 heteroatoms. The maximum atomic E-state index is 12.1. The number of nitro benzene ring substituents is 1. The van der Waals surface area contributed by atoms with Crippen LogP contribution in [0.2, 0.25) is 0 Å². The van der Waals surface area contributed by atoms with E-state index in [1.165, 1.54) is 12.1 Å². The van der Waals surface area contributed by atoms with Crippen molar-refractivity contribution in [2.75, 3.05) is 11.9 Å². The minimum absolute atomic E-state index is 0.0627. The monoisotopic (exact) mass is 351 g/mol. The van der Waals surface area contributed by atoms with Gasteiger partial charge in [-0.15, -0.1) is 0 Å². The van der Waals surface area contributed by atoms with E-state index in [9.17, 15) is 24.8 Å². The van der Waals surface area contributed by atoms with Crippen molar-refractivity contribution >= 4 is 23.3 Å². The van der Waals surface area contributed by atoms with E-state index in [2.05, 4.69) is 17.6 Å². The van der Waals surface area contributed by atoms with Crippen LogP contribution in [0.1, 0.15) is 44.6 Å². The summed E-state index contributed by atoms with van der Waals surface area (Å²) in [6.45, 7) is 4.30. The summed E-state index contributed by atoms with van der Waals surface area (Å²) in [5.74, 6) is -1.70. The number of nitro groups is 1. The summed E-state index contributed by atoms with van der Waals surface area (Å²) in [5, 5.41) is 25.6. The van der Waals surface area contributed by atoms with Crippen molar-refractivity contribution in [3.8, 4) is 0 Å². The van der Waals surface area contributed by atoms with Gasteiger partial charge in [-0.3, -0.25) is 19.7 Å². The van der Waals surface area contributed by atoms with Gasteiger partial charge in [0.2, 0.25) is 5.91 Å². The Morgan fingerprint density at radius 2 is 2.00 bits per heavy atom. The molecule has 0 aliphatic heterocycles. The molecule has 0 aliphatic carbocycles.